The molecular formula is C25H32Cl3F3N2O2. The first-order chi connectivity index (χ1) is 16.4. The van der Waals surface area contributed by atoms with Crippen LogP contribution in [-0.2, 0) is 17.5 Å². The van der Waals surface area contributed by atoms with Crippen LogP contribution in [0.15, 0.2) is 47.6 Å². The molecule has 0 radical (unpaired) electrons. The Morgan fingerprint density at radius 1 is 1.03 bits per heavy atom. The highest BCUT2D eigenvalue weighted by Crippen LogP contribution is 2.29. The molecule has 0 N–H and O–H groups in total. The fraction of sp³-hybridized carbons (Fsp3) is 0.560. The Kier molecular flexibility index (Phi) is 11.7. The minimum Gasteiger partial charge on any atom is -0.445 e. The third-order valence-electron chi connectivity index (χ3n) is 5.70. The summed E-state index contributed by atoms with van der Waals surface area (Å²) in [6, 6.07) is 5.48. The summed E-state index contributed by atoms with van der Waals surface area (Å²) in [5.74, 6) is 0. The number of amides is 1. The Morgan fingerprint density at radius 2 is 1.71 bits per heavy atom. The van der Waals surface area contributed by atoms with E-state index in [1.807, 2.05) is 13.0 Å². The smallest absolute Gasteiger partial charge is 0.416 e. The van der Waals surface area contributed by atoms with Crippen molar-refractivity contribution in [2.24, 2.45) is 0 Å². The number of hydrogen-bond donors (Lipinski definition) is 0. The van der Waals surface area contributed by atoms with Crippen LogP contribution >= 0.6 is 34.8 Å². The molecule has 0 saturated heterocycles. The van der Waals surface area contributed by atoms with E-state index in [9.17, 15) is 18.0 Å². The number of rotatable bonds is 5. The molecule has 2 aliphatic heterocycles. The van der Waals surface area contributed by atoms with Gasteiger partial charge in [-0.3, -0.25) is 4.90 Å². The van der Waals surface area contributed by atoms with E-state index in [4.69, 9.17) is 39.5 Å². The lowest BCUT2D eigenvalue weighted by Crippen LogP contribution is -2.36. The van der Waals surface area contributed by atoms with Crippen LogP contribution in [0.25, 0.3) is 0 Å². The van der Waals surface area contributed by atoms with Crippen LogP contribution in [0, 0.1) is 0 Å². The van der Waals surface area contributed by atoms with Gasteiger partial charge in [0.2, 0.25) is 3.79 Å². The average molecular weight is 556 g/mol. The van der Waals surface area contributed by atoms with Crippen molar-refractivity contribution in [3.8, 4) is 0 Å². The molecule has 1 aromatic carbocycles. The Hall–Kier alpha value is -1.41. The molecule has 0 aliphatic carbocycles. The van der Waals surface area contributed by atoms with E-state index in [1.54, 1.807) is 17.0 Å². The van der Waals surface area contributed by atoms with Crippen molar-refractivity contribution < 1.29 is 22.7 Å². The van der Waals surface area contributed by atoms with Gasteiger partial charge in [0, 0.05) is 32.7 Å². The Bertz CT molecular complexity index is 881. The molecule has 0 saturated carbocycles. The summed E-state index contributed by atoms with van der Waals surface area (Å²) in [5, 5.41) is 0. The number of nitrogens with zero attached hydrogens (tertiary/aromatic N) is 2. The lowest BCUT2D eigenvalue weighted by Gasteiger charge is -2.26. The van der Waals surface area contributed by atoms with Crippen LogP contribution in [0.5, 0.6) is 0 Å². The zero-order chi connectivity index (χ0) is 26.1. The quantitative estimate of drug-likeness (QED) is 0.275. The summed E-state index contributed by atoms with van der Waals surface area (Å²) in [4.78, 5) is 15.3. The minimum atomic E-state index is -4.25. The van der Waals surface area contributed by atoms with Crippen LogP contribution in [-0.4, -0.2) is 52.5 Å². The number of ether oxygens (including phenoxy) is 1. The number of carbonyl (C=O) groups excluding carboxylic acids is 1. The molecule has 2 aliphatic rings. The molecular weight excluding hydrogens is 524 g/mol. The molecule has 10 heteroatoms. The Morgan fingerprint density at radius 3 is 2.20 bits per heavy atom. The molecule has 0 spiro atoms. The zero-order valence-corrected chi connectivity index (χ0v) is 22.3. The van der Waals surface area contributed by atoms with E-state index in [0.717, 1.165) is 50.0 Å². The maximum atomic E-state index is 12.5. The lowest BCUT2D eigenvalue weighted by atomic mass is 10.0. The van der Waals surface area contributed by atoms with Gasteiger partial charge in [0.05, 0.1) is 5.56 Å². The third kappa shape index (κ3) is 11.5. The van der Waals surface area contributed by atoms with Crippen molar-refractivity contribution in [2.45, 2.75) is 56.0 Å². The van der Waals surface area contributed by atoms with Crippen molar-refractivity contribution in [1.29, 1.82) is 0 Å². The fourth-order valence-electron chi connectivity index (χ4n) is 3.67. The summed E-state index contributed by atoms with van der Waals surface area (Å²) in [7, 11) is 0. The van der Waals surface area contributed by atoms with Crippen LogP contribution in [0.3, 0.4) is 0 Å². The van der Waals surface area contributed by atoms with Crippen molar-refractivity contribution in [3.05, 3.63) is 58.7 Å². The van der Waals surface area contributed by atoms with Gasteiger partial charge in [0.15, 0.2) is 0 Å². The average Bonchev–Trinajstić information content (AvgIpc) is 2.79. The second kappa shape index (κ2) is 13.8. The van der Waals surface area contributed by atoms with Crippen molar-refractivity contribution >= 4 is 40.9 Å². The molecule has 0 bridgehead atoms. The van der Waals surface area contributed by atoms with Gasteiger partial charge in [0.1, 0.15) is 6.61 Å². The Labute approximate surface area is 220 Å². The van der Waals surface area contributed by atoms with E-state index < -0.39 is 21.6 Å². The fourth-order valence-corrected chi connectivity index (χ4v) is 3.84. The minimum absolute atomic E-state index is 0.226. The number of carbonyl (C=O) groups is 1. The van der Waals surface area contributed by atoms with E-state index in [-0.39, 0.29) is 6.61 Å². The third-order valence-corrected chi connectivity index (χ3v) is 6.03. The van der Waals surface area contributed by atoms with Gasteiger partial charge in [-0.2, -0.15) is 13.2 Å². The first-order valence-electron chi connectivity index (χ1n) is 11.6. The molecule has 0 fully saturated rings. The summed E-state index contributed by atoms with van der Waals surface area (Å²) in [5.41, 5.74) is 3.15. The molecule has 4 nitrogen and oxygen atoms in total. The molecule has 196 valence electrons. The normalized spacial score (nSPS) is 17.2. The Balaban J connectivity index is 0.000000258. The molecule has 0 unspecified atom stereocenters. The standard InChI is InChI=1S/C16H20F3N.C9H12Cl3NO2/c1-2-3-13-8-10-20(11-9-13)12-14-4-6-15(7-5-14)16(17,18)19;1-7-2-4-13(5-3-7)8(14)15-6-9(10,11)12/h4-8H,2-3,9-12H2,1H3;2H,3-6H2,1H3. The van der Waals surface area contributed by atoms with Crippen LogP contribution < -0.4 is 0 Å². The van der Waals surface area contributed by atoms with Gasteiger partial charge in [-0.05, 0) is 43.9 Å². The van der Waals surface area contributed by atoms with Gasteiger partial charge >= 0.3 is 12.3 Å². The number of hydrogen-bond acceptors (Lipinski definition) is 3. The highest BCUT2D eigenvalue weighted by molar-refractivity contribution is 6.67. The lowest BCUT2D eigenvalue weighted by molar-refractivity contribution is -0.137. The molecule has 35 heavy (non-hydrogen) atoms. The van der Waals surface area contributed by atoms with Crippen molar-refractivity contribution in [1.82, 2.24) is 9.80 Å². The predicted molar refractivity (Wildman–Crippen MR) is 136 cm³/mol. The SMILES string of the molecule is CC1=CCN(C(=O)OCC(Cl)(Cl)Cl)CC1.CCCC1=CCN(Cc2ccc(C(F)(F)F)cc2)CC1. The second-order valence-corrected chi connectivity index (χ2v) is 11.2. The summed E-state index contributed by atoms with van der Waals surface area (Å²) >= 11 is 16.4. The van der Waals surface area contributed by atoms with E-state index >= 15 is 0 Å². The molecule has 3 rings (SSSR count). The number of halogens is 6. The molecule has 1 amide bonds. The molecule has 0 atom stereocenters. The van der Waals surface area contributed by atoms with Crippen LogP contribution in [0.2, 0.25) is 0 Å². The highest BCUT2D eigenvalue weighted by atomic mass is 35.6. The van der Waals surface area contributed by atoms with E-state index in [2.05, 4.69) is 17.9 Å². The van der Waals surface area contributed by atoms with Gasteiger partial charge < -0.3 is 9.64 Å². The largest absolute Gasteiger partial charge is 0.445 e. The summed E-state index contributed by atoms with van der Waals surface area (Å²) < 4.78 is 40.7. The number of benzene rings is 1. The van der Waals surface area contributed by atoms with Gasteiger partial charge in [-0.1, -0.05) is 83.6 Å². The topological polar surface area (TPSA) is 32.8 Å². The first kappa shape index (κ1) is 29.8. The monoisotopic (exact) mass is 554 g/mol. The summed E-state index contributed by atoms with van der Waals surface area (Å²) in [6.07, 6.45) is 3.83. The first-order valence-corrected chi connectivity index (χ1v) is 12.7. The zero-order valence-electron chi connectivity index (χ0n) is 20.0. The van der Waals surface area contributed by atoms with Crippen LogP contribution in [0.1, 0.15) is 50.7 Å². The van der Waals surface area contributed by atoms with Crippen LogP contribution in [0.4, 0.5) is 18.0 Å². The number of alkyl halides is 6. The maximum Gasteiger partial charge on any atom is 0.416 e. The van der Waals surface area contributed by atoms with Gasteiger partial charge in [-0.15, -0.1) is 0 Å². The summed E-state index contributed by atoms with van der Waals surface area (Å²) in [6.45, 7) is 7.80. The molecule has 0 aromatic heterocycles. The maximum absolute atomic E-state index is 12.5. The highest BCUT2D eigenvalue weighted by Gasteiger charge is 2.30. The van der Waals surface area contributed by atoms with Gasteiger partial charge in [-0.25, -0.2) is 4.79 Å². The van der Waals surface area contributed by atoms with Crippen molar-refractivity contribution in [2.75, 3.05) is 32.8 Å². The van der Waals surface area contributed by atoms with Gasteiger partial charge in [0.25, 0.3) is 0 Å². The van der Waals surface area contributed by atoms with E-state index in [0.29, 0.717) is 19.6 Å². The second-order valence-electron chi connectivity index (χ2n) is 8.71. The predicted octanol–water partition coefficient (Wildman–Crippen LogP) is 7.78. The van der Waals surface area contributed by atoms with E-state index in [1.165, 1.54) is 17.6 Å². The van der Waals surface area contributed by atoms with Crippen molar-refractivity contribution in [3.63, 3.8) is 0 Å². The molecule has 2 heterocycles. The molecule has 1 aromatic rings.